The largest absolute Gasteiger partial charge is 0.334 e. The average Bonchev–Trinajstić information content (AvgIpc) is 2.55. The normalized spacial score (nSPS) is 10.7. The molecule has 0 saturated carbocycles. The van der Waals surface area contributed by atoms with Crippen molar-refractivity contribution in [3.8, 4) is 0 Å². The third-order valence-corrected chi connectivity index (χ3v) is 3.90. The van der Waals surface area contributed by atoms with Crippen molar-refractivity contribution in [1.29, 1.82) is 0 Å². The molecule has 2 amide bonds. The SMILES string of the molecule is CN(C)Cc1ccc(CNC(=O)N(C)Cc2ccc(Cl)cc2)cc1. The van der Waals surface area contributed by atoms with E-state index in [9.17, 15) is 4.79 Å². The number of nitrogens with zero attached hydrogens (tertiary/aromatic N) is 2. The number of nitrogens with one attached hydrogen (secondary N) is 1. The summed E-state index contributed by atoms with van der Waals surface area (Å²) in [6.07, 6.45) is 0. The van der Waals surface area contributed by atoms with Crippen LogP contribution in [-0.4, -0.2) is 37.0 Å². The second-order valence-electron chi connectivity index (χ2n) is 6.20. The first kappa shape index (κ1) is 18.3. The predicted molar refractivity (Wildman–Crippen MR) is 99.0 cm³/mol. The van der Waals surface area contributed by atoms with Gasteiger partial charge >= 0.3 is 6.03 Å². The molecule has 4 nitrogen and oxygen atoms in total. The lowest BCUT2D eigenvalue weighted by molar-refractivity contribution is 0.206. The van der Waals surface area contributed by atoms with Crippen LogP contribution in [0.15, 0.2) is 48.5 Å². The molecular formula is C19H24ClN3O. The first-order chi connectivity index (χ1) is 11.4. The van der Waals surface area contributed by atoms with E-state index in [-0.39, 0.29) is 6.03 Å². The van der Waals surface area contributed by atoms with Gasteiger partial charge in [-0.05, 0) is 42.9 Å². The van der Waals surface area contributed by atoms with Crippen LogP contribution in [0.5, 0.6) is 0 Å². The van der Waals surface area contributed by atoms with Gasteiger partial charge in [0.2, 0.25) is 0 Å². The maximum atomic E-state index is 12.2. The second-order valence-corrected chi connectivity index (χ2v) is 6.63. The topological polar surface area (TPSA) is 35.6 Å². The molecule has 2 aromatic carbocycles. The highest BCUT2D eigenvalue weighted by molar-refractivity contribution is 6.30. The summed E-state index contributed by atoms with van der Waals surface area (Å²) >= 11 is 5.87. The number of hydrogen-bond acceptors (Lipinski definition) is 2. The van der Waals surface area contributed by atoms with Crippen molar-refractivity contribution in [2.75, 3.05) is 21.1 Å². The van der Waals surface area contributed by atoms with Crippen LogP contribution in [0.3, 0.4) is 0 Å². The standard InChI is InChI=1S/C19H24ClN3O/c1-22(2)13-16-6-4-15(5-7-16)12-21-19(24)23(3)14-17-8-10-18(20)11-9-17/h4-11H,12-14H2,1-3H3,(H,21,24). The molecule has 0 aliphatic heterocycles. The van der Waals surface area contributed by atoms with E-state index >= 15 is 0 Å². The van der Waals surface area contributed by atoms with Gasteiger partial charge in [-0.1, -0.05) is 48.0 Å². The van der Waals surface area contributed by atoms with Crippen LogP contribution >= 0.6 is 11.6 Å². The maximum Gasteiger partial charge on any atom is 0.317 e. The Hall–Kier alpha value is -2.04. The Morgan fingerprint density at radius 1 is 0.875 bits per heavy atom. The molecule has 0 aliphatic rings. The molecule has 1 N–H and O–H groups in total. The van der Waals surface area contributed by atoms with E-state index in [4.69, 9.17) is 11.6 Å². The molecular weight excluding hydrogens is 322 g/mol. The van der Waals surface area contributed by atoms with Crippen LogP contribution in [0.2, 0.25) is 5.02 Å². The maximum absolute atomic E-state index is 12.2. The number of rotatable bonds is 6. The first-order valence-corrected chi connectivity index (χ1v) is 8.28. The number of urea groups is 1. The lowest BCUT2D eigenvalue weighted by atomic mass is 10.1. The Bertz CT molecular complexity index is 653. The quantitative estimate of drug-likeness (QED) is 0.865. The van der Waals surface area contributed by atoms with Gasteiger partial charge in [0.15, 0.2) is 0 Å². The highest BCUT2D eigenvalue weighted by Crippen LogP contribution is 2.11. The molecule has 0 aliphatic carbocycles. The van der Waals surface area contributed by atoms with Gasteiger partial charge in [0.25, 0.3) is 0 Å². The van der Waals surface area contributed by atoms with Gasteiger partial charge in [-0.25, -0.2) is 4.79 Å². The smallest absolute Gasteiger partial charge is 0.317 e. The van der Waals surface area contributed by atoms with Crippen LogP contribution in [0, 0.1) is 0 Å². The summed E-state index contributed by atoms with van der Waals surface area (Å²) in [6.45, 7) is 1.98. The number of amides is 2. The summed E-state index contributed by atoms with van der Waals surface area (Å²) in [5, 5.41) is 3.64. The third-order valence-electron chi connectivity index (χ3n) is 3.65. The molecule has 0 spiro atoms. The molecule has 0 atom stereocenters. The van der Waals surface area contributed by atoms with Crippen molar-refractivity contribution in [3.05, 3.63) is 70.2 Å². The van der Waals surface area contributed by atoms with E-state index < -0.39 is 0 Å². The van der Waals surface area contributed by atoms with E-state index in [0.29, 0.717) is 18.1 Å². The van der Waals surface area contributed by atoms with Crippen molar-refractivity contribution in [1.82, 2.24) is 15.1 Å². The van der Waals surface area contributed by atoms with E-state index in [1.807, 2.05) is 38.4 Å². The molecule has 128 valence electrons. The monoisotopic (exact) mass is 345 g/mol. The average molecular weight is 346 g/mol. The van der Waals surface area contributed by atoms with Gasteiger partial charge in [-0.15, -0.1) is 0 Å². The molecule has 0 fully saturated rings. The van der Waals surface area contributed by atoms with E-state index in [2.05, 4.69) is 34.5 Å². The predicted octanol–water partition coefficient (Wildman–Crippen LogP) is 3.74. The van der Waals surface area contributed by atoms with Crippen LogP contribution in [0.4, 0.5) is 4.79 Å². The zero-order valence-corrected chi connectivity index (χ0v) is 15.2. The van der Waals surface area contributed by atoms with Crippen LogP contribution in [0.1, 0.15) is 16.7 Å². The van der Waals surface area contributed by atoms with Crippen molar-refractivity contribution in [2.45, 2.75) is 19.6 Å². The molecule has 2 aromatic rings. The number of carbonyl (C=O) groups is 1. The Balaban J connectivity index is 1.82. The van der Waals surface area contributed by atoms with Gasteiger partial charge in [-0.3, -0.25) is 0 Å². The van der Waals surface area contributed by atoms with Crippen LogP contribution in [-0.2, 0) is 19.6 Å². The molecule has 0 radical (unpaired) electrons. The number of halogens is 1. The molecule has 2 rings (SSSR count). The van der Waals surface area contributed by atoms with Crippen LogP contribution in [0.25, 0.3) is 0 Å². The Morgan fingerprint density at radius 3 is 1.96 bits per heavy atom. The molecule has 0 saturated heterocycles. The minimum atomic E-state index is -0.0951. The highest BCUT2D eigenvalue weighted by atomic mass is 35.5. The van der Waals surface area contributed by atoms with E-state index in [1.54, 1.807) is 11.9 Å². The minimum absolute atomic E-state index is 0.0951. The Kier molecular flexibility index (Phi) is 6.64. The summed E-state index contributed by atoms with van der Waals surface area (Å²) in [4.78, 5) is 16.0. The minimum Gasteiger partial charge on any atom is -0.334 e. The summed E-state index contributed by atoms with van der Waals surface area (Å²) in [6, 6.07) is 15.7. The van der Waals surface area contributed by atoms with Gasteiger partial charge in [0.1, 0.15) is 0 Å². The fraction of sp³-hybridized carbons (Fsp3) is 0.316. The molecule has 0 aromatic heterocycles. The van der Waals surface area contributed by atoms with Gasteiger partial charge in [-0.2, -0.15) is 0 Å². The summed E-state index contributed by atoms with van der Waals surface area (Å²) in [5.41, 5.74) is 3.39. The fourth-order valence-electron chi connectivity index (χ4n) is 2.38. The lowest BCUT2D eigenvalue weighted by Crippen LogP contribution is -2.36. The second kappa shape index (κ2) is 8.71. The molecule has 0 heterocycles. The Labute approximate surface area is 149 Å². The highest BCUT2D eigenvalue weighted by Gasteiger charge is 2.08. The van der Waals surface area contributed by atoms with Gasteiger partial charge in [0.05, 0.1) is 0 Å². The molecule has 0 bridgehead atoms. The molecule has 24 heavy (non-hydrogen) atoms. The van der Waals surface area contributed by atoms with Gasteiger partial charge in [0, 0.05) is 31.7 Å². The van der Waals surface area contributed by atoms with E-state index in [0.717, 1.165) is 17.7 Å². The van der Waals surface area contributed by atoms with Gasteiger partial charge < -0.3 is 15.1 Å². The van der Waals surface area contributed by atoms with Crippen LogP contribution < -0.4 is 5.32 Å². The number of carbonyl (C=O) groups excluding carboxylic acids is 1. The van der Waals surface area contributed by atoms with Crippen molar-refractivity contribution >= 4 is 17.6 Å². The van der Waals surface area contributed by atoms with Crippen molar-refractivity contribution in [3.63, 3.8) is 0 Å². The molecule has 0 unspecified atom stereocenters. The first-order valence-electron chi connectivity index (χ1n) is 7.90. The number of benzene rings is 2. The summed E-state index contributed by atoms with van der Waals surface area (Å²) in [7, 11) is 5.87. The summed E-state index contributed by atoms with van der Waals surface area (Å²) in [5.74, 6) is 0. The number of hydrogen-bond donors (Lipinski definition) is 1. The molecule has 5 heteroatoms. The van der Waals surface area contributed by atoms with E-state index in [1.165, 1.54) is 5.56 Å². The third kappa shape index (κ3) is 5.87. The summed E-state index contributed by atoms with van der Waals surface area (Å²) < 4.78 is 0. The van der Waals surface area contributed by atoms with Crippen molar-refractivity contribution < 1.29 is 4.79 Å². The Morgan fingerprint density at radius 2 is 1.38 bits per heavy atom. The zero-order chi connectivity index (χ0) is 17.5. The fourth-order valence-corrected chi connectivity index (χ4v) is 2.50. The van der Waals surface area contributed by atoms with Crippen molar-refractivity contribution in [2.24, 2.45) is 0 Å². The zero-order valence-electron chi connectivity index (χ0n) is 14.4. The lowest BCUT2D eigenvalue weighted by Gasteiger charge is -2.18.